The molecule has 0 bridgehead atoms. The maximum atomic E-state index is 11.7. The Morgan fingerprint density at radius 3 is 2.71 bits per heavy atom. The van der Waals surface area contributed by atoms with Gasteiger partial charge in [0.2, 0.25) is 11.8 Å². The van der Waals surface area contributed by atoms with E-state index in [0.29, 0.717) is 31.9 Å². The van der Waals surface area contributed by atoms with Gasteiger partial charge in [-0.15, -0.1) is 0 Å². The summed E-state index contributed by atoms with van der Waals surface area (Å²) in [6.07, 6.45) is 2.75. The van der Waals surface area contributed by atoms with Crippen LogP contribution in [0.3, 0.4) is 0 Å². The molecule has 0 spiro atoms. The first-order valence-corrected chi connectivity index (χ1v) is 8.05. The molecule has 0 unspecified atom stereocenters. The predicted molar refractivity (Wildman–Crippen MR) is 90.9 cm³/mol. The minimum Gasteiger partial charge on any atom is -0.497 e. The molecular formula is C18H24N2O4. The van der Waals surface area contributed by atoms with E-state index in [1.165, 1.54) is 0 Å². The fraction of sp³-hybridized carbons (Fsp3) is 0.444. The zero-order valence-electron chi connectivity index (χ0n) is 14.4. The molecular weight excluding hydrogens is 308 g/mol. The smallest absolute Gasteiger partial charge is 0.226 e. The van der Waals surface area contributed by atoms with Crippen LogP contribution in [0.25, 0.3) is 11.5 Å². The lowest BCUT2D eigenvalue weighted by Crippen LogP contribution is -2.27. The SMILES string of the molecule is COc1ccc(-c2nc(CCNC(=O)CCOC(C)C)co2)cc1. The fourth-order valence-corrected chi connectivity index (χ4v) is 2.09. The molecule has 0 fully saturated rings. The second kappa shape index (κ2) is 9.08. The first-order chi connectivity index (χ1) is 11.6. The number of benzene rings is 1. The number of amides is 1. The molecule has 1 aromatic carbocycles. The number of nitrogens with zero attached hydrogens (tertiary/aromatic N) is 1. The van der Waals surface area contributed by atoms with Crippen molar-refractivity contribution in [3.8, 4) is 17.2 Å². The van der Waals surface area contributed by atoms with Crippen molar-refractivity contribution in [1.29, 1.82) is 0 Å². The molecule has 0 aliphatic heterocycles. The van der Waals surface area contributed by atoms with E-state index in [9.17, 15) is 4.79 Å². The topological polar surface area (TPSA) is 73.6 Å². The number of aromatic nitrogens is 1. The van der Waals surface area contributed by atoms with E-state index < -0.39 is 0 Å². The van der Waals surface area contributed by atoms with Crippen LogP contribution < -0.4 is 10.1 Å². The summed E-state index contributed by atoms with van der Waals surface area (Å²) in [6.45, 7) is 4.86. The number of hydrogen-bond donors (Lipinski definition) is 1. The maximum Gasteiger partial charge on any atom is 0.226 e. The summed E-state index contributed by atoms with van der Waals surface area (Å²) in [5, 5.41) is 2.85. The van der Waals surface area contributed by atoms with Gasteiger partial charge in [0.05, 0.1) is 25.5 Å². The fourth-order valence-electron chi connectivity index (χ4n) is 2.09. The van der Waals surface area contributed by atoms with Crippen molar-refractivity contribution >= 4 is 5.91 Å². The van der Waals surface area contributed by atoms with Gasteiger partial charge in [0, 0.05) is 24.9 Å². The molecule has 1 heterocycles. The Hall–Kier alpha value is -2.34. The van der Waals surface area contributed by atoms with Crippen LogP contribution in [0.4, 0.5) is 0 Å². The molecule has 6 heteroatoms. The van der Waals surface area contributed by atoms with E-state index in [0.717, 1.165) is 17.0 Å². The Morgan fingerprint density at radius 2 is 2.04 bits per heavy atom. The van der Waals surface area contributed by atoms with Gasteiger partial charge >= 0.3 is 0 Å². The van der Waals surface area contributed by atoms with Gasteiger partial charge in [-0.1, -0.05) is 0 Å². The summed E-state index contributed by atoms with van der Waals surface area (Å²) in [5.74, 6) is 1.33. The Morgan fingerprint density at radius 1 is 1.29 bits per heavy atom. The van der Waals surface area contributed by atoms with Gasteiger partial charge in [0.25, 0.3) is 0 Å². The molecule has 130 valence electrons. The molecule has 2 rings (SSSR count). The number of carbonyl (C=O) groups is 1. The number of nitrogens with one attached hydrogen (secondary N) is 1. The third kappa shape index (κ3) is 5.70. The van der Waals surface area contributed by atoms with Gasteiger partial charge in [-0.05, 0) is 38.1 Å². The number of carbonyl (C=O) groups excluding carboxylic acids is 1. The van der Waals surface area contributed by atoms with Crippen molar-refractivity contribution < 1.29 is 18.7 Å². The number of ether oxygens (including phenoxy) is 2. The third-order valence-corrected chi connectivity index (χ3v) is 3.37. The summed E-state index contributed by atoms with van der Waals surface area (Å²) < 4.78 is 16.0. The van der Waals surface area contributed by atoms with Crippen LogP contribution in [0, 0.1) is 0 Å². The van der Waals surface area contributed by atoms with Crippen molar-refractivity contribution in [2.24, 2.45) is 0 Å². The van der Waals surface area contributed by atoms with Crippen molar-refractivity contribution in [3.05, 3.63) is 36.2 Å². The van der Waals surface area contributed by atoms with Gasteiger partial charge in [-0.2, -0.15) is 0 Å². The zero-order valence-corrected chi connectivity index (χ0v) is 14.4. The Balaban J connectivity index is 1.76. The van der Waals surface area contributed by atoms with Crippen molar-refractivity contribution in [3.63, 3.8) is 0 Å². The Kier molecular flexibility index (Phi) is 6.81. The number of rotatable bonds is 9. The van der Waals surface area contributed by atoms with E-state index in [1.54, 1.807) is 13.4 Å². The van der Waals surface area contributed by atoms with Gasteiger partial charge in [0.15, 0.2) is 0 Å². The van der Waals surface area contributed by atoms with Crippen LogP contribution in [0.5, 0.6) is 5.75 Å². The molecule has 1 N–H and O–H groups in total. The first-order valence-electron chi connectivity index (χ1n) is 8.05. The highest BCUT2D eigenvalue weighted by Gasteiger charge is 2.08. The average molecular weight is 332 g/mol. The van der Waals surface area contributed by atoms with Gasteiger partial charge in [0.1, 0.15) is 12.0 Å². The second-order valence-electron chi connectivity index (χ2n) is 5.64. The minimum absolute atomic E-state index is 0.0190. The largest absolute Gasteiger partial charge is 0.497 e. The molecule has 0 saturated carbocycles. The Bertz CT molecular complexity index is 635. The lowest BCUT2D eigenvalue weighted by atomic mass is 10.2. The molecule has 2 aromatic rings. The van der Waals surface area contributed by atoms with Crippen LogP contribution in [-0.4, -0.2) is 37.3 Å². The third-order valence-electron chi connectivity index (χ3n) is 3.37. The highest BCUT2D eigenvalue weighted by molar-refractivity contribution is 5.75. The highest BCUT2D eigenvalue weighted by Crippen LogP contribution is 2.21. The molecule has 1 aromatic heterocycles. The normalized spacial score (nSPS) is 10.8. The van der Waals surface area contributed by atoms with Crippen LogP contribution in [0.2, 0.25) is 0 Å². The Labute approximate surface area is 142 Å². The predicted octanol–water partition coefficient (Wildman–Crippen LogP) is 2.82. The number of oxazole rings is 1. The number of hydrogen-bond acceptors (Lipinski definition) is 5. The van der Waals surface area contributed by atoms with Crippen LogP contribution in [-0.2, 0) is 16.0 Å². The van der Waals surface area contributed by atoms with Crippen LogP contribution >= 0.6 is 0 Å². The van der Waals surface area contributed by atoms with Crippen LogP contribution in [0.15, 0.2) is 34.9 Å². The standard InChI is InChI=1S/C18H24N2O4/c1-13(2)23-11-9-17(21)19-10-8-15-12-24-18(20-15)14-4-6-16(22-3)7-5-14/h4-7,12-13H,8-11H2,1-3H3,(H,19,21). The summed E-state index contributed by atoms with van der Waals surface area (Å²) in [4.78, 5) is 16.1. The lowest BCUT2D eigenvalue weighted by Gasteiger charge is -2.07. The molecule has 0 saturated heterocycles. The molecule has 0 aliphatic carbocycles. The molecule has 0 aliphatic rings. The summed E-state index contributed by atoms with van der Waals surface area (Å²) in [6, 6.07) is 7.51. The van der Waals surface area contributed by atoms with E-state index in [1.807, 2.05) is 38.1 Å². The second-order valence-corrected chi connectivity index (χ2v) is 5.64. The van der Waals surface area contributed by atoms with E-state index in [-0.39, 0.29) is 12.0 Å². The highest BCUT2D eigenvalue weighted by atomic mass is 16.5. The van der Waals surface area contributed by atoms with E-state index >= 15 is 0 Å². The molecule has 24 heavy (non-hydrogen) atoms. The molecule has 0 atom stereocenters. The zero-order chi connectivity index (χ0) is 17.4. The maximum absolute atomic E-state index is 11.7. The van der Waals surface area contributed by atoms with E-state index in [2.05, 4.69) is 10.3 Å². The minimum atomic E-state index is -0.0190. The first kappa shape index (κ1) is 18.0. The van der Waals surface area contributed by atoms with E-state index in [4.69, 9.17) is 13.9 Å². The molecule has 0 radical (unpaired) electrons. The lowest BCUT2D eigenvalue weighted by molar-refractivity contribution is -0.122. The average Bonchev–Trinajstić information content (AvgIpc) is 3.03. The van der Waals surface area contributed by atoms with Gasteiger partial charge in [-0.3, -0.25) is 4.79 Å². The monoisotopic (exact) mass is 332 g/mol. The van der Waals surface area contributed by atoms with Crippen molar-refractivity contribution in [2.45, 2.75) is 32.8 Å². The summed E-state index contributed by atoms with van der Waals surface area (Å²) in [5.41, 5.74) is 1.69. The summed E-state index contributed by atoms with van der Waals surface area (Å²) >= 11 is 0. The van der Waals surface area contributed by atoms with Gasteiger partial charge in [-0.25, -0.2) is 4.98 Å². The van der Waals surface area contributed by atoms with Gasteiger partial charge < -0.3 is 19.2 Å². The van der Waals surface area contributed by atoms with Crippen LogP contribution in [0.1, 0.15) is 26.0 Å². The van der Waals surface area contributed by atoms with Crippen molar-refractivity contribution in [2.75, 3.05) is 20.3 Å². The molecule has 1 amide bonds. The van der Waals surface area contributed by atoms with Crippen molar-refractivity contribution in [1.82, 2.24) is 10.3 Å². The molecule has 6 nitrogen and oxygen atoms in total. The quantitative estimate of drug-likeness (QED) is 0.764. The summed E-state index contributed by atoms with van der Waals surface area (Å²) in [7, 11) is 1.63. The number of methoxy groups -OCH3 is 1.